The molecule has 3 heteroatoms. The van der Waals surface area contributed by atoms with Gasteiger partial charge in [-0.15, -0.1) is 0 Å². The number of aryl methyl sites for hydroxylation is 2. The highest BCUT2D eigenvalue weighted by Gasteiger charge is 2.06. The highest BCUT2D eigenvalue weighted by Crippen LogP contribution is 2.18. The topological polar surface area (TPSA) is 37.8 Å². The fraction of sp³-hybridized carbons (Fsp3) is 0.333. The first kappa shape index (κ1) is 12.6. The van der Waals surface area contributed by atoms with Crippen LogP contribution in [0.2, 0.25) is 0 Å². The molecule has 0 spiro atoms. The van der Waals surface area contributed by atoms with E-state index in [0.717, 1.165) is 18.1 Å². The number of rotatable bonds is 4. The van der Waals surface area contributed by atoms with Crippen LogP contribution < -0.4 is 5.32 Å². The SMILES string of the molecule is CCc1ccc(C(C)Nc2ccnc(C)n2)cc1. The molecule has 0 amide bonds. The van der Waals surface area contributed by atoms with E-state index in [1.54, 1.807) is 6.20 Å². The molecule has 0 fully saturated rings. The van der Waals surface area contributed by atoms with Crippen LogP contribution in [-0.2, 0) is 6.42 Å². The molecule has 1 aromatic heterocycles. The molecule has 0 aliphatic rings. The van der Waals surface area contributed by atoms with Crippen LogP contribution in [0.5, 0.6) is 0 Å². The third-order valence-corrected chi connectivity index (χ3v) is 3.03. The minimum atomic E-state index is 0.241. The lowest BCUT2D eigenvalue weighted by Crippen LogP contribution is -2.08. The molecule has 0 radical (unpaired) electrons. The Hall–Kier alpha value is -1.90. The first-order valence-corrected chi connectivity index (χ1v) is 6.34. The molecule has 0 bridgehead atoms. The molecule has 2 rings (SSSR count). The van der Waals surface area contributed by atoms with Gasteiger partial charge in [-0.1, -0.05) is 31.2 Å². The Labute approximate surface area is 108 Å². The van der Waals surface area contributed by atoms with E-state index in [0.29, 0.717) is 0 Å². The van der Waals surface area contributed by atoms with Crippen molar-refractivity contribution in [2.45, 2.75) is 33.2 Å². The third kappa shape index (κ3) is 3.06. The summed E-state index contributed by atoms with van der Waals surface area (Å²) in [4.78, 5) is 8.44. The van der Waals surface area contributed by atoms with Gasteiger partial charge in [-0.05, 0) is 37.5 Å². The summed E-state index contributed by atoms with van der Waals surface area (Å²) >= 11 is 0. The Morgan fingerprint density at radius 1 is 1.17 bits per heavy atom. The number of nitrogens with zero attached hydrogens (tertiary/aromatic N) is 2. The number of anilines is 1. The van der Waals surface area contributed by atoms with Gasteiger partial charge in [-0.3, -0.25) is 0 Å². The van der Waals surface area contributed by atoms with Crippen LogP contribution in [0, 0.1) is 6.92 Å². The zero-order valence-electron chi connectivity index (χ0n) is 11.1. The van der Waals surface area contributed by atoms with Gasteiger partial charge < -0.3 is 5.32 Å². The lowest BCUT2D eigenvalue weighted by atomic mass is 10.1. The van der Waals surface area contributed by atoms with Crippen molar-refractivity contribution in [1.29, 1.82) is 0 Å². The van der Waals surface area contributed by atoms with Gasteiger partial charge in [0.2, 0.25) is 0 Å². The maximum Gasteiger partial charge on any atom is 0.130 e. The van der Waals surface area contributed by atoms with Crippen LogP contribution in [0.1, 0.15) is 36.8 Å². The van der Waals surface area contributed by atoms with E-state index in [1.165, 1.54) is 11.1 Å². The van der Waals surface area contributed by atoms with Crippen molar-refractivity contribution < 1.29 is 0 Å². The second-order valence-electron chi connectivity index (χ2n) is 4.45. The summed E-state index contributed by atoms with van der Waals surface area (Å²) in [6.07, 6.45) is 2.85. The highest BCUT2D eigenvalue weighted by atomic mass is 15.0. The second kappa shape index (κ2) is 5.63. The predicted molar refractivity (Wildman–Crippen MR) is 74.6 cm³/mol. The molecule has 0 aliphatic heterocycles. The van der Waals surface area contributed by atoms with E-state index in [-0.39, 0.29) is 6.04 Å². The molecular formula is C15H19N3. The normalized spacial score (nSPS) is 12.2. The number of benzene rings is 1. The molecule has 1 aromatic carbocycles. The predicted octanol–water partition coefficient (Wildman–Crippen LogP) is 3.52. The third-order valence-electron chi connectivity index (χ3n) is 3.03. The molecule has 0 saturated heterocycles. The van der Waals surface area contributed by atoms with E-state index < -0.39 is 0 Å². The van der Waals surface area contributed by atoms with Gasteiger partial charge in [0.25, 0.3) is 0 Å². The Bertz CT molecular complexity index is 505. The molecular weight excluding hydrogens is 222 g/mol. The lowest BCUT2D eigenvalue weighted by molar-refractivity contribution is 0.865. The standard InChI is InChI=1S/C15H19N3/c1-4-13-5-7-14(8-6-13)11(2)17-15-9-10-16-12(3)18-15/h5-11H,4H2,1-3H3,(H,16,17,18). The van der Waals surface area contributed by atoms with E-state index in [4.69, 9.17) is 0 Å². The average Bonchev–Trinajstić information content (AvgIpc) is 2.39. The van der Waals surface area contributed by atoms with Crippen molar-refractivity contribution in [1.82, 2.24) is 9.97 Å². The van der Waals surface area contributed by atoms with Crippen LogP contribution in [0.15, 0.2) is 36.5 Å². The summed E-state index contributed by atoms with van der Waals surface area (Å²) in [6.45, 7) is 6.20. The van der Waals surface area contributed by atoms with Crippen molar-refractivity contribution >= 4 is 5.82 Å². The van der Waals surface area contributed by atoms with E-state index in [9.17, 15) is 0 Å². The average molecular weight is 241 g/mol. The quantitative estimate of drug-likeness (QED) is 0.890. The zero-order chi connectivity index (χ0) is 13.0. The Morgan fingerprint density at radius 2 is 1.89 bits per heavy atom. The van der Waals surface area contributed by atoms with Crippen LogP contribution in [-0.4, -0.2) is 9.97 Å². The Balaban J connectivity index is 2.09. The van der Waals surface area contributed by atoms with E-state index in [1.807, 2.05) is 13.0 Å². The van der Waals surface area contributed by atoms with Crippen molar-refractivity contribution in [3.63, 3.8) is 0 Å². The van der Waals surface area contributed by atoms with Crippen molar-refractivity contribution in [2.24, 2.45) is 0 Å². The van der Waals surface area contributed by atoms with Gasteiger partial charge in [0, 0.05) is 12.2 Å². The summed E-state index contributed by atoms with van der Waals surface area (Å²) in [5.41, 5.74) is 2.63. The fourth-order valence-corrected chi connectivity index (χ4v) is 1.88. The summed E-state index contributed by atoms with van der Waals surface area (Å²) in [5.74, 6) is 1.66. The van der Waals surface area contributed by atoms with Crippen LogP contribution in [0.25, 0.3) is 0 Å². The number of aromatic nitrogens is 2. The van der Waals surface area contributed by atoms with Gasteiger partial charge in [0.15, 0.2) is 0 Å². The van der Waals surface area contributed by atoms with E-state index in [2.05, 4.69) is 53.4 Å². The largest absolute Gasteiger partial charge is 0.363 e. The van der Waals surface area contributed by atoms with Crippen molar-refractivity contribution in [2.75, 3.05) is 5.32 Å². The molecule has 1 unspecified atom stereocenters. The number of hydrogen-bond donors (Lipinski definition) is 1. The van der Waals surface area contributed by atoms with E-state index >= 15 is 0 Å². The Kier molecular flexibility index (Phi) is 3.92. The monoisotopic (exact) mass is 241 g/mol. The van der Waals surface area contributed by atoms with Gasteiger partial charge in [-0.25, -0.2) is 9.97 Å². The van der Waals surface area contributed by atoms with Gasteiger partial charge >= 0.3 is 0 Å². The molecule has 3 nitrogen and oxygen atoms in total. The lowest BCUT2D eigenvalue weighted by Gasteiger charge is -2.15. The molecule has 1 heterocycles. The van der Waals surface area contributed by atoms with Gasteiger partial charge in [0.1, 0.15) is 11.6 Å². The zero-order valence-corrected chi connectivity index (χ0v) is 11.1. The molecule has 1 N–H and O–H groups in total. The summed E-state index contributed by atoms with van der Waals surface area (Å²) in [7, 11) is 0. The van der Waals surface area contributed by atoms with Gasteiger partial charge in [0.05, 0.1) is 0 Å². The van der Waals surface area contributed by atoms with Crippen LogP contribution >= 0.6 is 0 Å². The Morgan fingerprint density at radius 3 is 2.50 bits per heavy atom. The summed E-state index contributed by atoms with van der Waals surface area (Å²) in [6, 6.07) is 10.8. The fourth-order valence-electron chi connectivity index (χ4n) is 1.88. The van der Waals surface area contributed by atoms with Crippen LogP contribution in [0.4, 0.5) is 5.82 Å². The number of nitrogens with one attached hydrogen (secondary N) is 1. The molecule has 18 heavy (non-hydrogen) atoms. The maximum absolute atomic E-state index is 4.35. The molecule has 2 aromatic rings. The van der Waals surface area contributed by atoms with Gasteiger partial charge in [-0.2, -0.15) is 0 Å². The van der Waals surface area contributed by atoms with Crippen LogP contribution in [0.3, 0.4) is 0 Å². The highest BCUT2D eigenvalue weighted by molar-refractivity contribution is 5.37. The summed E-state index contributed by atoms with van der Waals surface area (Å²) in [5, 5.41) is 3.39. The summed E-state index contributed by atoms with van der Waals surface area (Å²) < 4.78 is 0. The first-order chi connectivity index (χ1) is 8.69. The number of hydrogen-bond acceptors (Lipinski definition) is 3. The smallest absolute Gasteiger partial charge is 0.130 e. The maximum atomic E-state index is 4.35. The molecule has 94 valence electrons. The second-order valence-corrected chi connectivity index (χ2v) is 4.45. The first-order valence-electron chi connectivity index (χ1n) is 6.34. The minimum Gasteiger partial charge on any atom is -0.363 e. The minimum absolute atomic E-state index is 0.241. The molecule has 0 saturated carbocycles. The molecule has 1 atom stereocenters. The van der Waals surface area contributed by atoms with Crippen molar-refractivity contribution in [3.8, 4) is 0 Å². The van der Waals surface area contributed by atoms with Crippen molar-refractivity contribution in [3.05, 3.63) is 53.5 Å². The molecule has 0 aliphatic carbocycles.